The van der Waals surface area contributed by atoms with Gasteiger partial charge in [0.15, 0.2) is 5.58 Å². The van der Waals surface area contributed by atoms with Gasteiger partial charge in [-0.2, -0.15) is 0 Å². The van der Waals surface area contributed by atoms with E-state index in [9.17, 15) is 0 Å². The van der Waals surface area contributed by atoms with Crippen molar-refractivity contribution in [2.24, 2.45) is 0 Å². The third kappa shape index (κ3) is 5.28. The van der Waals surface area contributed by atoms with Crippen LogP contribution >= 0.6 is 0 Å². The van der Waals surface area contributed by atoms with Crippen molar-refractivity contribution in [1.29, 1.82) is 0 Å². The first-order valence-corrected chi connectivity index (χ1v) is 23.2. The first kappa shape index (κ1) is 37.9. The van der Waals surface area contributed by atoms with Crippen molar-refractivity contribution < 1.29 is 8.83 Å². The maximum absolute atomic E-state index is 6.71. The molecule has 67 heavy (non-hydrogen) atoms. The lowest BCUT2D eigenvalue weighted by atomic mass is 9.55. The molecule has 0 radical (unpaired) electrons. The first-order valence-electron chi connectivity index (χ1n) is 23.2. The average Bonchev–Trinajstić information content (AvgIpc) is 4.05. The molecule has 0 saturated heterocycles. The van der Waals surface area contributed by atoms with Crippen LogP contribution in [0.25, 0.3) is 77.3 Å². The molecule has 0 atom stereocenters. The van der Waals surface area contributed by atoms with E-state index in [1.165, 1.54) is 50.1 Å². The Balaban J connectivity index is 0.917. The highest BCUT2D eigenvalue weighted by molar-refractivity contribution is 6.13. The minimum atomic E-state index is -0.449. The van der Waals surface area contributed by atoms with Gasteiger partial charge >= 0.3 is 0 Å². The Kier molecular flexibility index (Phi) is 7.95. The van der Waals surface area contributed by atoms with E-state index in [1.54, 1.807) is 0 Å². The van der Waals surface area contributed by atoms with Gasteiger partial charge in [0.1, 0.15) is 16.7 Å². The molecule has 2 aliphatic carbocycles. The zero-order valence-electron chi connectivity index (χ0n) is 37.1. The second kappa shape index (κ2) is 14.1. The zero-order valence-corrected chi connectivity index (χ0v) is 37.1. The number of hydrogen-bond donors (Lipinski definition) is 0. The largest absolute Gasteiger partial charge is 0.456 e. The van der Waals surface area contributed by atoms with Gasteiger partial charge in [-0.25, -0.2) is 0 Å². The van der Waals surface area contributed by atoms with Crippen LogP contribution in [0.2, 0.25) is 0 Å². The molecule has 0 bridgehead atoms. The summed E-state index contributed by atoms with van der Waals surface area (Å²) in [7, 11) is 0. The molecule has 2 aliphatic rings. The Morgan fingerprint density at radius 3 is 1.57 bits per heavy atom. The fraction of sp³-hybridized carbons (Fsp3) is 0.0625. The average molecular weight is 858 g/mol. The van der Waals surface area contributed by atoms with E-state index in [0.29, 0.717) is 0 Å². The van der Waals surface area contributed by atoms with E-state index in [0.717, 1.165) is 77.6 Å². The lowest BCUT2D eigenvalue weighted by Crippen LogP contribution is -2.40. The fourth-order valence-corrected chi connectivity index (χ4v) is 12.0. The molecule has 0 saturated carbocycles. The van der Waals surface area contributed by atoms with Crippen LogP contribution in [0.5, 0.6) is 0 Å². The smallest absolute Gasteiger partial charge is 0.159 e. The van der Waals surface area contributed by atoms with Gasteiger partial charge in [0.05, 0.1) is 11.1 Å². The van der Waals surface area contributed by atoms with Gasteiger partial charge in [-0.3, -0.25) is 0 Å². The lowest BCUT2D eigenvalue weighted by Gasteiger charge is -2.46. The number of furan rings is 2. The van der Waals surface area contributed by atoms with Crippen molar-refractivity contribution in [1.82, 2.24) is 0 Å². The summed E-state index contributed by atoms with van der Waals surface area (Å²) in [6.45, 7) is 4.76. The Hall–Kier alpha value is -8.40. The summed E-state index contributed by atoms with van der Waals surface area (Å²) in [5.74, 6) is 0. The third-order valence-electron chi connectivity index (χ3n) is 15.0. The highest BCUT2D eigenvalue weighted by atomic mass is 16.3. The van der Waals surface area contributed by atoms with Gasteiger partial charge in [-0.1, -0.05) is 184 Å². The Morgan fingerprint density at radius 1 is 0.343 bits per heavy atom. The molecule has 2 heterocycles. The van der Waals surface area contributed by atoms with Gasteiger partial charge < -0.3 is 13.7 Å². The van der Waals surface area contributed by atoms with Gasteiger partial charge in [-0.05, 0) is 121 Å². The predicted octanol–water partition coefficient (Wildman–Crippen LogP) is 17.3. The zero-order chi connectivity index (χ0) is 44.4. The summed E-state index contributed by atoms with van der Waals surface area (Å²) in [6, 6.07) is 81.9. The molecule has 12 aromatic rings. The summed E-state index contributed by atoms with van der Waals surface area (Å²) in [6.07, 6.45) is 0. The van der Waals surface area contributed by atoms with Gasteiger partial charge in [0.2, 0.25) is 0 Å². The monoisotopic (exact) mass is 857 g/mol. The van der Waals surface area contributed by atoms with E-state index in [1.807, 2.05) is 18.2 Å². The van der Waals surface area contributed by atoms with E-state index in [4.69, 9.17) is 8.83 Å². The number of benzene rings is 10. The summed E-state index contributed by atoms with van der Waals surface area (Å²) in [4.78, 5) is 2.33. The number of hydrogen-bond acceptors (Lipinski definition) is 3. The molecular weight excluding hydrogens is 815 g/mol. The van der Waals surface area contributed by atoms with Gasteiger partial charge in [-0.15, -0.1) is 0 Å². The number of rotatable bonds is 5. The van der Waals surface area contributed by atoms with Crippen LogP contribution in [0.3, 0.4) is 0 Å². The first-order chi connectivity index (χ1) is 33.0. The minimum Gasteiger partial charge on any atom is -0.456 e. The van der Waals surface area contributed by atoms with E-state index in [-0.39, 0.29) is 5.41 Å². The van der Waals surface area contributed by atoms with E-state index in [2.05, 4.69) is 225 Å². The number of para-hydroxylation sites is 3. The summed E-state index contributed by atoms with van der Waals surface area (Å²) in [5.41, 5.74) is 21.4. The predicted molar refractivity (Wildman–Crippen MR) is 276 cm³/mol. The second-order valence-electron chi connectivity index (χ2n) is 18.7. The quantitative estimate of drug-likeness (QED) is 0.173. The standard InChI is InChI=1S/C64H43NO2/c1-63(2)52-21-7-9-23-54(52)64(55-24-10-8-22-53(55)63)51-20-6-3-15-46(51)47-38-33-42(39-56(47)64)40-29-34-43(35-30-40)65(57-25-13-19-49-48-16-4-11-26-58(48)67-62(49)57)44-36-31-41(32-37-44)45-18-14-28-60-61(45)50-17-5-12-27-59(50)66-60/h3-39H,1-2H3. The fourth-order valence-electron chi connectivity index (χ4n) is 12.0. The molecule has 3 nitrogen and oxygen atoms in total. The van der Waals surface area contributed by atoms with Crippen LogP contribution in [0.1, 0.15) is 47.2 Å². The summed E-state index contributed by atoms with van der Waals surface area (Å²) in [5, 5.41) is 4.45. The Morgan fingerprint density at radius 2 is 0.851 bits per heavy atom. The molecule has 10 aromatic carbocycles. The van der Waals surface area contributed by atoms with Gasteiger partial charge in [0.25, 0.3) is 0 Å². The van der Waals surface area contributed by atoms with Crippen molar-refractivity contribution in [3.05, 3.63) is 258 Å². The van der Waals surface area contributed by atoms with Crippen LogP contribution in [-0.2, 0) is 10.8 Å². The molecule has 2 aromatic heterocycles. The number of nitrogens with zero attached hydrogens (tertiary/aromatic N) is 1. The van der Waals surface area contributed by atoms with Crippen molar-refractivity contribution in [3.63, 3.8) is 0 Å². The second-order valence-corrected chi connectivity index (χ2v) is 18.7. The summed E-state index contributed by atoms with van der Waals surface area (Å²) < 4.78 is 13.0. The number of fused-ring (bicyclic) bond motifs is 15. The molecule has 14 rings (SSSR count). The molecule has 0 aliphatic heterocycles. The van der Waals surface area contributed by atoms with Crippen LogP contribution in [-0.4, -0.2) is 0 Å². The Bertz CT molecular complexity index is 3910. The van der Waals surface area contributed by atoms with E-state index >= 15 is 0 Å². The highest BCUT2D eigenvalue weighted by Crippen LogP contribution is 2.62. The molecule has 0 unspecified atom stereocenters. The van der Waals surface area contributed by atoms with E-state index < -0.39 is 5.41 Å². The maximum Gasteiger partial charge on any atom is 0.159 e. The van der Waals surface area contributed by atoms with Crippen molar-refractivity contribution in [2.75, 3.05) is 4.90 Å². The van der Waals surface area contributed by atoms with Crippen molar-refractivity contribution >= 4 is 60.9 Å². The van der Waals surface area contributed by atoms with Crippen LogP contribution in [0, 0.1) is 0 Å². The van der Waals surface area contributed by atoms with Crippen LogP contribution < -0.4 is 4.90 Å². The highest BCUT2D eigenvalue weighted by Gasteiger charge is 2.53. The minimum absolute atomic E-state index is 0.148. The molecule has 0 fully saturated rings. The molecule has 0 N–H and O–H groups in total. The topological polar surface area (TPSA) is 29.5 Å². The maximum atomic E-state index is 6.71. The third-order valence-corrected chi connectivity index (χ3v) is 15.0. The number of anilines is 3. The van der Waals surface area contributed by atoms with Crippen molar-refractivity contribution in [2.45, 2.75) is 24.7 Å². The summed E-state index contributed by atoms with van der Waals surface area (Å²) >= 11 is 0. The van der Waals surface area contributed by atoms with Gasteiger partial charge in [0, 0.05) is 38.3 Å². The van der Waals surface area contributed by atoms with Crippen molar-refractivity contribution in [3.8, 4) is 33.4 Å². The molecule has 316 valence electrons. The van der Waals surface area contributed by atoms with Crippen LogP contribution in [0.4, 0.5) is 17.1 Å². The van der Waals surface area contributed by atoms with Crippen LogP contribution in [0.15, 0.2) is 233 Å². The SMILES string of the molecule is CC1(C)c2ccccc2C2(c3ccccc3-c3ccc(-c4ccc(N(c5ccc(-c6cccc7oc8ccccc8c67)cc5)c5cccc6c5oc5ccccc56)cc4)cc32)c2ccccc21. The normalized spacial score (nSPS) is 14.1. The Labute approximate surface area is 388 Å². The molecular formula is C64H43NO2. The molecule has 3 heteroatoms. The molecule has 1 spiro atoms. The molecule has 0 amide bonds. The lowest BCUT2D eigenvalue weighted by molar-refractivity contribution is 0.563.